The van der Waals surface area contributed by atoms with Crippen LogP contribution in [0.5, 0.6) is 0 Å². The Morgan fingerprint density at radius 3 is 2.76 bits per heavy atom. The van der Waals surface area contributed by atoms with E-state index in [1.54, 1.807) is 12.1 Å². The summed E-state index contributed by atoms with van der Waals surface area (Å²) >= 11 is 0. The zero-order valence-electron chi connectivity index (χ0n) is 20.5. The third-order valence-electron chi connectivity index (χ3n) is 7.11. The first-order valence-corrected chi connectivity index (χ1v) is 12.4. The quantitative estimate of drug-likeness (QED) is 0.328. The number of aromatic nitrogens is 4. The second-order valence-corrected chi connectivity index (χ2v) is 9.49. The highest BCUT2D eigenvalue weighted by Crippen LogP contribution is 2.32. The third-order valence-corrected chi connectivity index (χ3v) is 7.11. The molecule has 188 valence electrons. The van der Waals surface area contributed by atoms with Crippen LogP contribution in [0.2, 0.25) is 0 Å². The van der Waals surface area contributed by atoms with Gasteiger partial charge >= 0.3 is 0 Å². The molecule has 1 fully saturated rings. The second-order valence-electron chi connectivity index (χ2n) is 9.49. The Morgan fingerprint density at radius 2 is 1.97 bits per heavy atom. The van der Waals surface area contributed by atoms with E-state index < -0.39 is 12.1 Å². The lowest BCUT2D eigenvalue weighted by molar-refractivity contribution is 0.100. The fourth-order valence-electron chi connectivity index (χ4n) is 5.29. The number of piperidine rings is 1. The first kappa shape index (κ1) is 23.2. The van der Waals surface area contributed by atoms with E-state index in [1.165, 1.54) is 0 Å². The van der Waals surface area contributed by atoms with Crippen LogP contribution in [0.15, 0.2) is 66.7 Å². The number of hydrogen-bond donors (Lipinski definition) is 3. The van der Waals surface area contributed by atoms with Crippen LogP contribution in [0.3, 0.4) is 0 Å². The van der Waals surface area contributed by atoms with Crippen molar-refractivity contribution >= 4 is 28.1 Å². The van der Waals surface area contributed by atoms with Crippen LogP contribution in [0.25, 0.3) is 22.4 Å². The molecule has 1 amide bonds. The van der Waals surface area contributed by atoms with E-state index in [4.69, 9.17) is 15.8 Å². The molecule has 1 aliphatic heterocycles. The molecule has 4 N–H and O–H groups in total. The van der Waals surface area contributed by atoms with Crippen LogP contribution in [-0.4, -0.2) is 44.3 Å². The van der Waals surface area contributed by atoms with E-state index in [1.807, 2.05) is 70.6 Å². The number of nitrogens with two attached hydrogens (primary N) is 1. The minimum absolute atomic E-state index is 0.266. The van der Waals surface area contributed by atoms with Gasteiger partial charge in [0.05, 0.1) is 5.52 Å². The van der Waals surface area contributed by atoms with E-state index in [0.717, 1.165) is 39.9 Å². The van der Waals surface area contributed by atoms with Gasteiger partial charge in [-0.1, -0.05) is 36.4 Å². The van der Waals surface area contributed by atoms with E-state index in [-0.39, 0.29) is 5.92 Å². The monoisotopic (exact) mass is 497 g/mol. The molecule has 2 aromatic carbocycles. The van der Waals surface area contributed by atoms with Gasteiger partial charge in [0.2, 0.25) is 5.91 Å². The Morgan fingerprint density at radius 1 is 1.14 bits per heavy atom. The molecule has 6 rings (SSSR count). The maximum atomic E-state index is 15.0. The van der Waals surface area contributed by atoms with Crippen molar-refractivity contribution in [3.8, 4) is 5.95 Å². The number of halogens is 1. The molecule has 1 saturated heterocycles. The van der Waals surface area contributed by atoms with Crippen molar-refractivity contribution in [2.45, 2.75) is 32.0 Å². The number of hydrogen-bond acceptors (Lipinski definition) is 5. The topological polar surface area (TPSA) is 102 Å². The van der Waals surface area contributed by atoms with Gasteiger partial charge in [-0.3, -0.25) is 9.36 Å². The molecular formula is C28H28FN7O. The van der Waals surface area contributed by atoms with E-state index in [2.05, 4.69) is 10.6 Å². The van der Waals surface area contributed by atoms with Crippen molar-refractivity contribution in [2.24, 2.45) is 5.73 Å². The van der Waals surface area contributed by atoms with Gasteiger partial charge in [-0.2, -0.15) is 4.98 Å². The molecule has 9 heteroatoms. The molecule has 0 radical (unpaired) electrons. The average Bonchev–Trinajstić information content (AvgIpc) is 3.48. The standard InChI is InChI=1S/C28H28FN7O/c1-17-14-21-19(26(30)37)8-5-9-23(21)35(17)28-33-27(32-15-18-6-3-2-4-7-18)25-11-10-24(36(25)34-28)20-12-13-31-16-22(20)29/h2-11,14,20,22,31H,12-13,15-16H2,1H3,(H2,30,37)(H,32,33,34). The number of aryl methyl sites for hydroxylation is 1. The number of amides is 1. The number of nitrogens with one attached hydrogen (secondary N) is 2. The first-order chi connectivity index (χ1) is 18.0. The van der Waals surface area contributed by atoms with Crippen molar-refractivity contribution in [2.75, 3.05) is 18.4 Å². The van der Waals surface area contributed by atoms with Crippen LogP contribution >= 0.6 is 0 Å². The molecule has 37 heavy (non-hydrogen) atoms. The smallest absolute Gasteiger partial charge is 0.254 e. The minimum atomic E-state index is -1.00. The summed E-state index contributed by atoms with van der Waals surface area (Å²) in [6, 6.07) is 21.3. The first-order valence-electron chi connectivity index (χ1n) is 12.4. The molecule has 2 atom stereocenters. The largest absolute Gasteiger partial charge is 0.366 e. The Balaban J connectivity index is 1.53. The Hall–Kier alpha value is -4.24. The highest BCUT2D eigenvalue weighted by Gasteiger charge is 2.29. The van der Waals surface area contributed by atoms with Gasteiger partial charge in [0.1, 0.15) is 11.7 Å². The number of fused-ring (bicyclic) bond motifs is 2. The summed E-state index contributed by atoms with van der Waals surface area (Å²) in [5.41, 5.74) is 10.4. The van der Waals surface area contributed by atoms with Crippen molar-refractivity contribution in [3.63, 3.8) is 0 Å². The summed E-state index contributed by atoms with van der Waals surface area (Å²) in [6.07, 6.45) is -0.314. The van der Waals surface area contributed by atoms with Crippen LogP contribution in [0.1, 0.15) is 39.6 Å². The molecule has 3 aromatic heterocycles. The SMILES string of the molecule is Cc1cc2c(C(N)=O)cccc2n1-c1nc(NCc2ccccc2)c2ccc(C3CCNCC3F)n2n1. The number of primary amides is 1. The maximum absolute atomic E-state index is 15.0. The highest BCUT2D eigenvalue weighted by atomic mass is 19.1. The van der Waals surface area contributed by atoms with Gasteiger partial charge < -0.3 is 16.4 Å². The normalized spacial score (nSPS) is 17.9. The molecule has 0 bridgehead atoms. The Bertz CT molecular complexity index is 1610. The van der Waals surface area contributed by atoms with Gasteiger partial charge in [0.15, 0.2) is 5.82 Å². The van der Waals surface area contributed by atoms with Crippen molar-refractivity contribution in [3.05, 3.63) is 89.2 Å². The number of nitrogens with zero attached hydrogens (tertiary/aromatic N) is 4. The number of carbonyl (C=O) groups is 1. The third kappa shape index (κ3) is 4.11. The summed E-state index contributed by atoms with van der Waals surface area (Å²) in [7, 11) is 0. The predicted molar refractivity (Wildman–Crippen MR) is 142 cm³/mol. The van der Waals surface area contributed by atoms with Crippen molar-refractivity contribution in [1.29, 1.82) is 0 Å². The van der Waals surface area contributed by atoms with Gasteiger partial charge in [0.25, 0.3) is 5.95 Å². The molecule has 4 heterocycles. The summed E-state index contributed by atoms with van der Waals surface area (Å²) in [6.45, 7) is 3.60. The lowest BCUT2D eigenvalue weighted by Gasteiger charge is -2.26. The zero-order valence-corrected chi connectivity index (χ0v) is 20.5. The number of anilines is 1. The van der Waals surface area contributed by atoms with E-state index >= 15 is 0 Å². The maximum Gasteiger partial charge on any atom is 0.254 e. The molecule has 2 unspecified atom stereocenters. The van der Waals surface area contributed by atoms with E-state index in [0.29, 0.717) is 36.8 Å². The molecule has 0 saturated carbocycles. The number of carbonyl (C=O) groups excluding carboxylic acids is 1. The van der Waals surface area contributed by atoms with Gasteiger partial charge in [-0.25, -0.2) is 8.91 Å². The van der Waals surface area contributed by atoms with Crippen molar-refractivity contribution in [1.82, 2.24) is 24.5 Å². The van der Waals surface area contributed by atoms with Crippen LogP contribution in [0, 0.1) is 6.92 Å². The fraction of sp³-hybridized carbons (Fsp3) is 0.250. The van der Waals surface area contributed by atoms with E-state index in [9.17, 15) is 9.18 Å². The molecule has 8 nitrogen and oxygen atoms in total. The van der Waals surface area contributed by atoms with Crippen LogP contribution < -0.4 is 16.4 Å². The zero-order chi connectivity index (χ0) is 25.5. The molecular weight excluding hydrogens is 469 g/mol. The van der Waals surface area contributed by atoms with Crippen LogP contribution in [0.4, 0.5) is 10.2 Å². The van der Waals surface area contributed by atoms with Gasteiger partial charge in [0, 0.05) is 41.3 Å². The lowest BCUT2D eigenvalue weighted by atomic mass is 9.93. The number of alkyl halides is 1. The molecule has 0 spiro atoms. The summed E-state index contributed by atoms with van der Waals surface area (Å²) in [5.74, 6) is 0.324. The summed E-state index contributed by atoms with van der Waals surface area (Å²) in [4.78, 5) is 17.0. The van der Waals surface area contributed by atoms with Gasteiger partial charge in [-0.05, 0) is 55.8 Å². The summed E-state index contributed by atoms with van der Waals surface area (Å²) < 4.78 is 18.7. The Labute approximate surface area is 213 Å². The average molecular weight is 498 g/mol. The molecule has 0 aliphatic carbocycles. The van der Waals surface area contributed by atoms with Gasteiger partial charge in [-0.15, -0.1) is 5.10 Å². The summed E-state index contributed by atoms with van der Waals surface area (Å²) in [5, 5.41) is 12.2. The Kier molecular flexibility index (Phi) is 5.84. The molecule has 1 aliphatic rings. The fourth-order valence-corrected chi connectivity index (χ4v) is 5.29. The minimum Gasteiger partial charge on any atom is -0.366 e. The number of benzene rings is 2. The predicted octanol–water partition coefficient (Wildman–Crippen LogP) is 4.11. The van der Waals surface area contributed by atoms with Crippen molar-refractivity contribution < 1.29 is 9.18 Å². The number of rotatable bonds is 6. The second kappa shape index (κ2) is 9.33. The van der Waals surface area contributed by atoms with Crippen LogP contribution in [-0.2, 0) is 6.54 Å². The molecule has 5 aromatic rings. The lowest BCUT2D eigenvalue weighted by Crippen LogP contribution is -2.37. The highest BCUT2D eigenvalue weighted by molar-refractivity contribution is 6.06.